The third-order valence-corrected chi connectivity index (χ3v) is 8.04. The lowest BCUT2D eigenvalue weighted by Crippen LogP contribution is -2.13. The van der Waals surface area contributed by atoms with Crippen molar-refractivity contribution in [2.24, 2.45) is 0 Å². The molecular formula is C30H49NO2S. The second kappa shape index (κ2) is 19.0. The van der Waals surface area contributed by atoms with Gasteiger partial charge in [-0.1, -0.05) is 115 Å². The molecule has 1 amide bonds. The Morgan fingerprint density at radius 3 is 1.91 bits per heavy atom. The van der Waals surface area contributed by atoms with E-state index in [2.05, 4.69) is 12.2 Å². The Morgan fingerprint density at radius 2 is 1.32 bits per heavy atom. The van der Waals surface area contributed by atoms with Crippen LogP contribution >= 0.6 is 11.8 Å². The van der Waals surface area contributed by atoms with Crippen LogP contribution in [0.1, 0.15) is 138 Å². The number of ketones is 1. The van der Waals surface area contributed by atoms with E-state index in [4.69, 9.17) is 0 Å². The van der Waals surface area contributed by atoms with E-state index in [1.165, 1.54) is 103 Å². The number of fused-ring (bicyclic) bond motifs is 1. The summed E-state index contributed by atoms with van der Waals surface area (Å²) in [7, 11) is 0. The van der Waals surface area contributed by atoms with E-state index in [1.807, 2.05) is 30.0 Å². The number of hydrogen-bond acceptors (Lipinski definition) is 3. The molecule has 1 aliphatic carbocycles. The lowest BCUT2D eigenvalue weighted by atomic mass is 10.0. The highest BCUT2D eigenvalue weighted by molar-refractivity contribution is 7.99. The van der Waals surface area contributed by atoms with Gasteiger partial charge < -0.3 is 5.32 Å². The van der Waals surface area contributed by atoms with Crippen molar-refractivity contribution in [3.8, 4) is 0 Å². The van der Waals surface area contributed by atoms with Gasteiger partial charge in [0.1, 0.15) is 0 Å². The molecule has 192 valence electrons. The van der Waals surface area contributed by atoms with Crippen LogP contribution in [0.2, 0.25) is 0 Å². The average molecular weight is 488 g/mol. The van der Waals surface area contributed by atoms with Gasteiger partial charge in [-0.05, 0) is 30.2 Å². The van der Waals surface area contributed by atoms with Gasteiger partial charge in [-0.2, -0.15) is 11.8 Å². The zero-order chi connectivity index (χ0) is 24.3. The first kappa shape index (κ1) is 28.9. The second-order valence-electron chi connectivity index (χ2n) is 9.97. The number of thioether (sulfide) groups is 1. The third kappa shape index (κ3) is 12.4. The molecule has 1 aromatic rings. The summed E-state index contributed by atoms with van der Waals surface area (Å²) < 4.78 is 0. The number of amides is 1. The van der Waals surface area contributed by atoms with Crippen LogP contribution in [0.15, 0.2) is 18.2 Å². The lowest BCUT2D eigenvalue weighted by molar-refractivity contribution is -0.115. The molecule has 0 atom stereocenters. The maximum atomic E-state index is 12.3. The molecule has 2 rings (SSSR count). The van der Waals surface area contributed by atoms with Crippen molar-refractivity contribution in [2.75, 3.05) is 16.8 Å². The smallest absolute Gasteiger partial charge is 0.225 e. The maximum Gasteiger partial charge on any atom is 0.225 e. The molecule has 4 heteroatoms. The van der Waals surface area contributed by atoms with E-state index >= 15 is 0 Å². The Hall–Kier alpha value is -1.29. The molecule has 0 aliphatic heterocycles. The first-order valence-corrected chi connectivity index (χ1v) is 15.4. The van der Waals surface area contributed by atoms with Crippen molar-refractivity contribution in [2.45, 2.75) is 129 Å². The summed E-state index contributed by atoms with van der Waals surface area (Å²) in [6, 6.07) is 5.65. The Bertz CT molecular complexity index is 703. The monoisotopic (exact) mass is 487 g/mol. The molecule has 1 N–H and O–H groups in total. The van der Waals surface area contributed by atoms with Gasteiger partial charge >= 0.3 is 0 Å². The first-order chi connectivity index (χ1) is 16.7. The van der Waals surface area contributed by atoms with Crippen LogP contribution in [0.3, 0.4) is 0 Å². The first-order valence-electron chi connectivity index (χ1n) is 14.2. The van der Waals surface area contributed by atoms with Crippen LogP contribution in [0.5, 0.6) is 0 Å². The Labute approximate surface area is 213 Å². The Morgan fingerprint density at radius 1 is 0.765 bits per heavy atom. The Kier molecular flexibility index (Phi) is 16.1. The fourth-order valence-corrected chi connectivity index (χ4v) is 5.78. The number of Topliss-reactive ketones (excluding diaryl/α,β-unsaturated/α-hetero) is 1. The minimum atomic E-state index is 0.0622. The standard InChI is InChI=1S/C30H49NO2S/c1-2-3-4-5-6-7-8-9-10-11-12-13-14-15-16-17-24-34-25-23-30(33)31-28-20-18-19-27-26(28)21-22-29(27)32/h18-20H,2-17,21-25H2,1H3,(H,31,33). The van der Waals surface area contributed by atoms with Crippen molar-refractivity contribution in [1.29, 1.82) is 0 Å². The van der Waals surface area contributed by atoms with E-state index in [-0.39, 0.29) is 11.7 Å². The number of carbonyl (C=O) groups excluding carboxylic acids is 2. The van der Waals surface area contributed by atoms with Gasteiger partial charge in [0.2, 0.25) is 5.91 Å². The highest BCUT2D eigenvalue weighted by atomic mass is 32.2. The number of benzene rings is 1. The highest BCUT2D eigenvalue weighted by Crippen LogP contribution is 2.29. The van der Waals surface area contributed by atoms with E-state index in [0.29, 0.717) is 12.8 Å². The van der Waals surface area contributed by atoms with Crippen LogP contribution in [-0.2, 0) is 11.2 Å². The molecule has 0 heterocycles. The number of unbranched alkanes of at least 4 members (excludes halogenated alkanes) is 15. The largest absolute Gasteiger partial charge is 0.326 e. The number of carbonyl (C=O) groups is 2. The molecule has 0 fully saturated rings. The fraction of sp³-hybridized carbons (Fsp3) is 0.733. The molecule has 0 unspecified atom stereocenters. The molecule has 1 aliphatic rings. The second-order valence-corrected chi connectivity index (χ2v) is 11.2. The van der Waals surface area contributed by atoms with Gasteiger partial charge in [0.25, 0.3) is 0 Å². The fourth-order valence-electron chi connectivity index (χ4n) is 4.84. The van der Waals surface area contributed by atoms with Crippen LogP contribution in [0.4, 0.5) is 5.69 Å². The van der Waals surface area contributed by atoms with Gasteiger partial charge in [0.15, 0.2) is 5.78 Å². The van der Waals surface area contributed by atoms with Gasteiger partial charge in [-0.15, -0.1) is 0 Å². The van der Waals surface area contributed by atoms with Gasteiger partial charge in [0, 0.05) is 29.8 Å². The number of anilines is 1. The van der Waals surface area contributed by atoms with Crippen LogP contribution in [0, 0.1) is 0 Å². The molecule has 0 radical (unpaired) electrons. The van der Waals surface area contributed by atoms with E-state index in [0.717, 1.165) is 34.7 Å². The summed E-state index contributed by atoms with van der Waals surface area (Å²) in [5.41, 5.74) is 2.63. The zero-order valence-corrected chi connectivity index (χ0v) is 22.6. The number of nitrogens with one attached hydrogen (secondary N) is 1. The van der Waals surface area contributed by atoms with Crippen molar-refractivity contribution < 1.29 is 9.59 Å². The minimum Gasteiger partial charge on any atom is -0.326 e. The molecule has 0 spiro atoms. The molecule has 1 aromatic carbocycles. The molecule has 0 aromatic heterocycles. The number of hydrogen-bond donors (Lipinski definition) is 1. The van der Waals surface area contributed by atoms with Crippen molar-refractivity contribution in [1.82, 2.24) is 0 Å². The van der Waals surface area contributed by atoms with Crippen molar-refractivity contribution in [3.63, 3.8) is 0 Å². The molecular weight excluding hydrogens is 438 g/mol. The topological polar surface area (TPSA) is 46.2 Å². The molecule has 3 nitrogen and oxygen atoms in total. The van der Waals surface area contributed by atoms with Crippen LogP contribution in [0.25, 0.3) is 0 Å². The summed E-state index contributed by atoms with van der Waals surface area (Å²) in [6.45, 7) is 2.29. The van der Waals surface area contributed by atoms with Crippen LogP contribution < -0.4 is 5.32 Å². The number of rotatable bonds is 21. The molecule has 34 heavy (non-hydrogen) atoms. The predicted molar refractivity (Wildman–Crippen MR) is 149 cm³/mol. The SMILES string of the molecule is CCCCCCCCCCCCCCCCCCSCCC(=O)Nc1cccc2c1CCC2=O. The summed E-state index contributed by atoms with van der Waals surface area (Å²) in [4.78, 5) is 24.1. The lowest BCUT2D eigenvalue weighted by Gasteiger charge is -2.09. The van der Waals surface area contributed by atoms with E-state index < -0.39 is 0 Å². The highest BCUT2D eigenvalue weighted by Gasteiger charge is 2.22. The average Bonchev–Trinajstić information content (AvgIpc) is 3.22. The van der Waals surface area contributed by atoms with Crippen LogP contribution in [-0.4, -0.2) is 23.2 Å². The molecule has 0 saturated carbocycles. The van der Waals surface area contributed by atoms with Gasteiger partial charge in [-0.25, -0.2) is 0 Å². The minimum absolute atomic E-state index is 0.0622. The molecule has 0 bridgehead atoms. The summed E-state index contributed by atoms with van der Waals surface area (Å²) >= 11 is 1.89. The van der Waals surface area contributed by atoms with E-state index in [1.54, 1.807) is 0 Å². The Balaban J connectivity index is 1.32. The van der Waals surface area contributed by atoms with E-state index in [9.17, 15) is 9.59 Å². The zero-order valence-electron chi connectivity index (χ0n) is 21.8. The summed E-state index contributed by atoms with van der Waals surface area (Å²) in [5.74, 6) is 2.28. The van der Waals surface area contributed by atoms with Gasteiger partial charge in [0.05, 0.1) is 0 Å². The third-order valence-electron chi connectivity index (χ3n) is 6.97. The maximum absolute atomic E-state index is 12.3. The van der Waals surface area contributed by atoms with Crippen molar-refractivity contribution in [3.05, 3.63) is 29.3 Å². The predicted octanol–water partition coefficient (Wildman–Crippen LogP) is 9.14. The molecule has 0 saturated heterocycles. The summed E-state index contributed by atoms with van der Waals surface area (Å²) in [5, 5.41) is 3.02. The quantitative estimate of drug-likeness (QED) is 0.176. The van der Waals surface area contributed by atoms with Gasteiger partial charge in [-0.3, -0.25) is 9.59 Å². The normalized spacial score (nSPS) is 12.8. The summed E-state index contributed by atoms with van der Waals surface area (Å²) in [6.07, 6.45) is 24.3. The van der Waals surface area contributed by atoms with Crippen molar-refractivity contribution >= 4 is 29.1 Å².